The van der Waals surface area contributed by atoms with Gasteiger partial charge in [0.15, 0.2) is 0 Å². The van der Waals surface area contributed by atoms with Crippen LogP contribution < -0.4 is 10.3 Å². The van der Waals surface area contributed by atoms with E-state index in [1.54, 1.807) is 0 Å². The number of para-hydroxylation sites is 1. The minimum atomic E-state index is -1.26. The molecule has 5 N–H and O–H groups in total. The Balaban J connectivity index is 0.000000412. The van der Waals surface area contributed by atoms with Gasteiger partial charge in [0.2, 0.25) is 0 Å². The van der Waals surface area contributed by atoms with E-state index in [1.165, 1.54) is 16.5 Å². The summed E-state index contributed by atoms with van der Waals surface area (Å²) in [6, 6.07) is 12.6. The van der Waals surface area contributed by atoms with Gasteiger partial charge in [-0.3, -0.25) is 14.7 Å². The first kappa shape index (κ1) is 32.6. The summed E-state index contributed by atoms with van der Waals surface area (Å²) in [6.07, 6.45) is 14.5. The monoisotopic (exact) mass is 550 g/mol. The van der Waals surface area contributed by atoms with Crippen LogP contribution in [0, 0.1) is 12.3 Å². The predicted octanol–water partition coefficient (Wildman–Crippen LogP) is 2.86. The van der Waals surface area contributed by atoms with E-state index in [9.17, 15) is 19.2 Å². The Morgan fingerprint density at radius 2 is 1.45 bits per heavy atom. The van der Waals surface area contributed by atoms with Gasteiger partial charge in [0.25, 0.3) is 0 Å². The summed E-state index contributed by atoms with van der Waals surface area (Å²) in [5, 5.41) is 38.1. The van der Waals surface area contributed by atoms with Crippen molar-refractivity contribution in [2.24, 2.45) is 0 Å². The van der Waals surface area contributed by atoms with Crippen LogP contribution in [0.4, 0.5) is 5.69 Å². The maximum Gasteiger partial charge on any atom is 0.328 e. The quantitative estimate of drug-likeness (QED) is 0.134. The summed E-state index contributed by atoms with van der Waals surface area (Å²) in [4.78, 5) is 42.3. The van der Waals surface area contributed by atoms with Crippen LogP contribution in [-0.2, 0) is 25.7 Å². The number of aromatic nitrogens is 2. The minimum absolute atomic E-state index is 0.558. The number of benzene rings is 1. The Kier molecular flexibility index (Phi) is 14.6. The highest BCUT2D eigenvalue weighted by molar-refractivity contribution is 5.90. The van der Waals surface area contributed by atoms with E-state index in [-0.39, 0.29) is 0 Å². The van der Waals surface area contributed by atoms with Crippen molar-refractivity contribution < 1.29 is 39.6 Å². The smallest absolute Gasteiger partial charge is 0.328 e. The standard InChI is InChI=1S/C20H22N4.2C4H4O4/c1-3-11-22-15-17-16-24(20-8-6-5-7-19(17)20)23(14-4-2)18-9-12-21-13-10-18;2*5-3(6)1-2-4(7)8/h1,5-10,12-13,16,22H,4,11,14-15H2,2H3;2*1-2H,(H,5,6)(H,7,8)/b;2*2-1-. The van der Waals surface area contributed by atoms with E-state index >= 15 is 0 Å². The third-order valence-electron chi connectivity index (χ3n) is 4.71. The molecule has 0 spiro atoms. The largest absolute Gasteiger partial charge is 0.478 e. The molecule has 3 rings (SSSR count). The maximum absolute atomic E-state index is 9.55. The van der Waals surface area contributed by atoms with Crippen molar-refractivity contribution in [1.82, 2.24) is 15.0 Å². The molecule has 0 fully saturated rings. The summed E-state index contributed by atoms with van der Waals surface area (Å²) in [5.74, 6) is -2.40. The molecule has 0 aliphatic rings. The van der Waals surface area contributed by atoms with Crippen molar-refractivity contribution in [1.29, 1.82) is 0 Å². The van der Waals surface area contributed by atoms with Crippen LogP contribution in [0.25, 0.3) is 10.9 Å². The first-order chi connectivity index (χ1) is 19.1. The number of nitrogens with one attached hydrogen (secondary N) is 1. The van der Waals surface area contributed by atoms with Gasteiger partial charge in [0, 0.05) is 61.4 Å². The molecule has 2 aromatic heterocycles. The molecule has 0 saturated heterocycles. The highest BCUT2D eigenvalue weighted by Gasteiger charge is 2.14. The highest BCUT2D eigenvalue weighted by atomic mass is 16.4. The van der Waals surface area contributed by atoms with Crippen molar-refractivity contribution in [3.63, 3.8) is 0 Å². The molecule has 0 unspecified atom stereocenters. The molecule has 210 valence electrons. The van der Waals surface area contributed by atoms with E-state index in [2.05, 4.69) is 63.3 Å². The van der Waals surface area contributed by atoms with Gasteiger partial charge >= 0.3 is 23.9 Å². The second kappa shape index (κ2) is 17.9. The Labute approximate surface area is 230 Å². The zero-order valence-corrected chi connectivity index (χ0v) is 21.7. The van der Waals surface area contributed by atoms with Crippen LogP contribution in [0.15, 0.2) is 79.3 Å². The summed E-state index contributed by atoms with van der Waals surface area (Å²) >= 11 is 0. The van der Waals surface area contributed by atoms with Gasteiger partial charge in [0.1, 0.15) is 0 Å². The third kappa shape index (κ3) is 12.2. The number of pyridine rings is 1. The number of hydrogen-bond donors (Lipinski definition) is 5. The van der Waals surface area contributed by atoms with E-state index in [0.717, 1.165) is 25.2 Å². The summed E-state index contributed by atoms with van der Waals surface area (Å²) in [6.45, 7) is 4.45. The van der Waals surface area contributed by atoms with Crippen LogP contribution in [0.3, 0.4) is 0 Å². The topological polar surface area (TPSA) is 182 Å². The Morgan fingerprint density at radius 3 is 1.93 bits per heavy atom. The molecule has 0 aliphatic heterocycles. The Morgan fingerprint density at radius 1 is 0.925 bits per heavy atom. The summed E-state index contributed by atoms with van der Waals surface area (Å²) in [5.41, 5.74) is 3.58. The lowest BCUT2D eigenvalue weighted by molar-refractivity contribution is -0.134. The van der Waals surface area contributed by atoms with E-state index in [0.29, 0.717) is 30.8 Å². The van der Waals surface area contributed by atoms with E-state index in [4.69, 9.17) is 26.8 Å². The van der Waals surface area contributed by atoms with E-state index < -0.39 is 23.9 Å². The first-order valence-electron chi connectivity index (χ1n) is 11.8. The maximum atomic E-state index is 9.55. The molecule has 2 heterocycles. The van der Waals surface area contributed by atoms with Gasteiger partial charge in [-0.1, -0.05) is 31.0 Å². The molecule has 0 atom stereocenters. The van der Waals surface area contributed by atoms with Crippen molar-refractivity contribution in [3.8, 4) is 12.3 Å². The minimum Gasteiger partial charge on any atom is -0.478 e. The van der Waals surface area contributed by atoms with Crippen molar-refractivity contribution in [3.05, 3.63) is 84.9 Å². The lowest BCUT2D eigenvalue weighted by Gasteiger charge is -2.26. The molecule has 0 saturated carbocycles. The number of hydrogen-bond acceptors (Lipinski definition) is 7. The van der Waals surface area contributed by atoms with Crippen molar-refractivity contribution in [2.45, 2.75) is 19.9 Å². The van der Waals surface area contributed by atoms with Gasteiger partial charge in [-0.2, -0.15) is 0 Å². The lowest BCUT2D eigenvalue weighted by Crippen LogP contribution is -2.29. The molecule has 0 aliphatic carbocycles. The van der Waals surface area contributed by atoms with Crippen LogP contribution in [0.1, 0.15) is 18.9 Å². The number of rotatable bonds is 11. The first-order valence-corrected chi connectivity index (χ1v) is 11.8. The zero-order chi connectivity index (χ0) is 29.9. The molecule has 0 amide bonds. The molecule has 1 aromatic carbocycles. The fourth-order valence-electron chi connectivity index (χ4n) is 3.22. The predicted molar refractivity (Wildman–Crippen MR) is 149 cm³/mol. The zero-order valence-electron chi connectivity index (χ0n) is 21.7. The van der Waals surface area contributed by atoms with Gasteiger partial charge in [-0.25, -0.2) is 19.2 Å². The number of terminal acetylenes is 1. The Hall–Kier alpha value is -5.41. The van der Waals surface area contributed by atoms with Gasteiger partial charge in [-0.05, 0) is 30.2 Å². The molecular formula is C28H30N4O8. The molecule has 0 radical (unpaired) electrons. The number of carboxylic acids is 4. The SMILES string of the molecule is C#CCNCc1cn(N(CCC)c2ccncc2)c2ccccc12.O=C(O)/C=C\C(=O)O.O=C(O)/C=C\C(=O)O. The average molecular weight is 551 g/mol. The van der Waals surface area contributed by atoms with Crippen LogP contribution in [0.5, 0.6) is 0 Å². The normalized spacial score (nSPS) is 10.2. The fourth-order valence-corrected chi connectivity index (χ4v) is 3.22. The molecule has 12 nitrogen and oxygen atoms in total. The van der Waals surface area contributed by atoms with Gasteiger partial charge in [0.05, 0.1) is 17.7 Å². The van der Waals surface area contributed by atoms with Crippen molar-refractivity contribution >= 4 is 40.5 Å². The molecule has 0 bridgehead atoms. The second-order valence-corrected chi connectivity index (χ2v) is 7.67. The van der Waals surface area contributed by atoms with Crippen molar-refractivity contribution in [2.75, 3.05) is 18.1 Å². The molecule has 40 heavy (non-hydrogen) atoms. The number of carbonyl (C=O) groups is 4. The number of fused-ring (bicyclic) bond motifs is 1. The summed E-state index contributed by atoms with van der Waals surface area (Å²) in [7, 11) is 0. The van der Waals surface area contributed by atoms with Gasteiger partial charge < -0.3 is 25.7 Å². The third-order valence-corrected chi connectivity index (χ3v) is 4.71. The fraction of sp³-hybridized carbons (Fsp3) is 0.179. The number of anilines is 1. The molecule has 12 heteroatoms. The lowest BCUT2D eigenvalue weighted by atomic mass is 10.2. The number of carboxylic acid groups (broad SMARTS) is 4. The van der Waals surface area contributed by atoms with Gasteiger partial charge in [-0.15, -0.1) is 6.42 Å². The van der Waals surface area contributed by atoms with Crippen LogP contribution in [-0.4, -0.2) is 67.1 Å². The van der Waals surface area contributed by atoms with Crippen LogP contribution >= 0.6 is 0 Å². The second-order valence-electron chi connectivity index (χ2n) is 7.67. The van der Waals surface area contributed by atoms with E-state index in [1.807, 2.05) is 24.5 Å². The van der Waals surface area contributed by atoms with Crippen LogP contribution in [0.2, 0.25) is 0 Å². The molecule has 3 aromatic rings. The average Bonchev–Trinajstić information content (AvgIpc) is 3.29. The Bertz CT molecular complexity index is 1310. The molecular weight excluding hydrogens is 520 g/mol. The number of nitrogens with zero attached hydrogens (tertiary/aromatic N) is 3. The highest BCUT2D eigenvalue weighted by Crippen LogP contribution is 2.25. The number of aliphatic carboxylic acids is 4. The summed E-state index contributed by atoms with van der Waals surface area (Å²) < 4.78 is 2.24.